The summed E-state index contributed by atoms with van der Waals surface area (Å²) in [5.74, 6) is 1.42. The van der Waals surface area contributed by atoms with E-state index in [0.29, 0.717) is 18.4 Å². The van der Waals surface area contributed by atoms with E-state index in [0.717, 1.165) is 18.4 Å². The average molecular weight is 277 g/mol. The van der Waals surface area contributed by atoms with Gasteiger partial charge in [0.2, 0.25) is 0 Å². The first-order valence-electron chi connectivity index (χ1n) is 7.60. The van der Waals surface area contributed by atoms with E-state index < -0.39 is 5.54 Å². The second kappa shape index (κ2) is 6.70. The molecule has 0 aromatic heterocycles. The van der Waals surface area contributed by atoms with Crippen LogP contribution in [0.15, 0.2) is 30.3 Å². The van der Waals surface area contributed by atoms with E-state index in [-0.39, 0.29) is 12.7 Å². The van der Waals surface area contributed by atoms with Crippen molar-refractivity contribution in [1.29, 1.82) is 0 Å². The molecule has 3 atom stereocenters. The fraction of sp³-hybridized carbons (Fsp3) is 0.647. The van der Waals surface area contributed by atoms with E-state index in [9.17, 15) is 5.11 Å². The molecular weight excluding hydrogens is 250 g/mol. The smallest absolute Gasteiger partial charge is 0.0881 e. The van der Waals surface area contributed by atoms with E-state index in [1.165, 1.54) is 6.42 Å². The normalized spacial score (nSPS) is 29.9. The third-order valence-corrected chi connectivity index (χ3v) is 4.34. The molecule has 20 heavy (non-hydrogen) atoms. The molecule has 3 nitrogen and oxygen atoms in total. The molecule has 0 aliphatic heterocycles. The van der Waals surface area contributed by atoms with Gasteiger partial charge < -0.3 is 15.6 Å². The third kappa shape index (κ3) is 3.81. The Morgan fingerprint density at radius 3 is 2.30 bits per heavy atom. The van der Waals surface area contributed by atoms with Crippen LogP contribution in [0.1, 0.15) is 38.7 Å². The highest BCUT2D eigenvalue weighted by atomic mass is 16.5. The van der Waals surface area contributed by atoms with Crippen LogP contribution in [-0.4, -0.2) is 24.4 Å². The fourth-order valence-corrected chi connectivity index (χ4v) is 3.27. The van der Waals surface area contributed by atoms with Gasteiger partial charge in [0, 0.05) is 0 Å². The number of hydrogen-bond donors (Lipinski definition) is 2. The molecule has 112 valence electrons. The van der Waals surface area contributed by atoms with E-state index in [1.807, 2.05) is 30.3 Å². The summed E-state index contributed by atoms with van der Waals surface area (Å²) in [5.41, 5.74) is 6.46. The second-order valence-electron chi connectivity index (χ2n) is 6.53. The zero-order valence-electron chi connectivity index (χ0n) is 12.6. The molecule has 0 amide bonds. The summed E-state index contributed by atoms with van der Waals surface area (Å²) in [5, 5.41) is 9.67. The Morgan fingerprint density at radius 1 is 1.15 bits per heavy atom. The lowest BCUT2D eigenvalue weighted by atomic mass is 9.81. The first-order chi connectivity index (χ1) is 9.53. The van der Waals surface area contributed by atoms with Gasteiger partial charge in [-0.25, -0.2) is 0 Å². The number of hydrogen-bond acceptors (Lipinski definition) is 3. The van der Waals surface area contributed by atoms with Crippen LogP contribution < -0.4 is 5.73 Å². The van der Waals surface area contributed by atoms with Crippen molar-refractivity contribution in [3.63, 3.8) is 0 Å². The molecule has 3 unspecified atom stereocenters. The summed E-state index contributed by atoms with van der Waals surface area (Å²) in [4.78, 5) is 0. The molecule has 1 aliphatic rings. The summed E-state index contributed by atoms with van der Waals surface area (Å²) >= 11 is 0. The third-order valence-electron chi connectivity index (χ3n) is 4.34. The minimum absolute atomic E-state index is 0.102. The van der Waals surface area contributed by atoms with Gasteiger partial charge in [-0.15, -0.1) is 0 Å². The van der Waals surface area contributed by atoms with Crippen molar-refractivity contribution in [2.45, 2.75) is 44.8 Å². The highest BCUT2D eigenvalue weighted by molar-refractivity contribution is 5.24. The van der Waals surface area contributed by atoms with Crippen LogP contribution in [-0.2, 0) is 10.3 Å². The summed E-state index contributed by atoms with van der Waals surface area (Å²) in [6.45, 7) is 4.84. The van der Waals surface area contributed by atoms with Crippen LogP contribution in [0, 0.1) is 11.8 Å². The monoisotopic (exact) mass is 277 g/mol. The first kappa shape index (κ1) is 15.5. The second-order valence-corrected chi connectivity index (χ2v) is 6.53. The molecule has 1 saturated carbocycles. The molecule has 0 spiro atoms. The van der Waals surface area contributed by atoms with Crippen molar-refractivity contribution in [1.82, 2.24) is 0 Å². The number of aliphatic hydroxyl groups excluding tert-OH is 1. The van der Waals surface area contributed by atoms with Crippen LogP contribution >= 0.6 is 0 Å². The van der Waals surface area contributed by atoms with Crippen LogP contribution in [0.25, 0.3) is 0 Å². The average Bonchev–Trinajstić information content (AvgIpc) is 2.45. The topological polar surface area (TPSA) is 55.5 Å². The lowest BCUT2D eigenvalue weighted by Crippen LogP contribution is -2.46. The summed E-state index contributed by atoms with van der Waals surface area (Å²) in [6, 6.07) is 9.73. The van der Waals surface area contributed by atoms with Gasteiger partial charge in [-0.2, -0.15) is 0 Å². The Bertz CT molecular complexity index is 399. The molecule has 1 aromatic carbocycles. The SMILES string of the molecule is CC1CC(C)CC(OCC(N)(CO)c2ccccc2)C1. The van der Waals surface area contributed by atoms with Crippen molar-refractivity contribution in [2.75, 3.05) is 13.2 Å². The number of ether oxygens (including phenoxy) is 1. The first-order valence-corrected chi connectivity index (χ1v) is 7.60. The van der Waals surface area contributed by atoms with Gasteiger partial charge >= 0.3 is 0 Å². The zero-order valence-corrected chi connectivity index (χ0v) is 12.6. The molecule has 0 heterocycles. The highest BCUT2D eigenvalue weighted by Crippen LogP contribution is 2.31. The largest absolute Gasteiger partial charge is 0.394 e. The van der Waals surface area contributed by atoms with Crippen molar-refractivity contribution in [2.24, 2.45) is 17.6 Å². The summed E-state index contributed by atoms with van der Waals surface area (Å²) in [6.07, 6.45) is 3.75. The molecule has 3 N–H and O–H groups in total. The maximum absolute atomic E-state index is 9.67. The zero-order chi connectivity index (χ0) is 14.6. The van der Waals surface area contributed by atoms with Gasteiger partial charge in [0.1, 0.15) is 0 Å². The Hall–Kier alpha value is -0.900. The van der Waals surface area contributed by atoms with Gasteiger partial charge in [0.15, 0.2) is 0 Å². The molecule has 2 rings (SSSR count). The molecule has 1 aromatic rings. The van der Waals surface area contributed by atoms with Crippen molar-refractivity contribution in [3.05, 3.63) is 35.9 Å². The van der Waals surface area contributed by atoms with Gasteiger partial charge in [-0.05, 0) is 36.7 Å². The predicted molar refractivity (Wildman–Crippen MR) is 81.3 cm³/mol. The standard InChI is InChI=1S/C17H27NO2/c1-13-8-14(2)10-16(9-13)20-12-17(18,11-19)15-6-4-3-5-7-15/h3-7,13-14,16,19H,8-12,18H2,1-2H3. The number of rotatable bonds is 5. The van der Waals surface area contributed by atoms with E-state index in [1.54, 1.807) is 0 Å². The summed E-state index contributed by atoms with van der Waals surface area (Å²) < 4.78 is 6.05. The Morgan fingerprint density at radius 2 is 1.75 bits per heavy atom. The van der Waals surface area contributed by atoms with Crippen molar-refractivity contribution in [3.8, 4) is 0 Å². The predicted octanol–water partition coefficient (Wildman–Crippen LogP) is 2.67. The molecule has 1 aliphatic carbocycles. The minimum atomic E-state index is -0.800. The quantitative estimate of drug-likeness (QED) is 0.870. The lowest BCUT2D eigenvalue weighted by molar-refractivity contribution is -0.0332. The highest BCUT2D eigenvalue weighted by Gasteiger charge is 2.30. The van der Waals surface area contributed by atoms with Crippen molar-refractivity contribution >= 4 is 0 Å². The van der Waals surface area contributed by atoms with E-state index in [4.69, 9.17) is 10.5 Å². The maximum Gasteiger partial charge on any atom is 0.0881 e. The van der Waals surface area contributed by atoms with E-state index in [2.05, 4.69) is 13.8 Å². The van der Waals surface area contributed by atoms with Crippen LogP contribution in [0.3, 0.4) is 0 Å². The van der Waals surface area contributed by atoms with Crippen LogP contribution in [0.2, 0.25) is 0 Å². The van der Waals surface area contributed by atoms with Crippen LogP contribution in [0.4, 0.5) is 0 Å². The van der Waals surface area contributed by atoms with Gasteiger partial charge in [0.25, 0.3) is 0 Å². The minimum Gasteiger partial charge on any atom is -0.394 e. The fourth-order valence-electron chi connectivity index (χ4n) is 3.27. The number of benzene rings is 1. The summed E-state index contributed by atoms with van der Waals surface area (Å²) in [7, 11) is 0. The molecular formula is C17H27NO2. The number of nitrogens with two attached hydrogens (primary N) is 1. The van der Waals surface area contributed by atoms with Gasteiger partial charge in [0.05, 0.1) is 24.9 Å². The molecule has 0 saturated heterocycles. The maximum atomic E-state index is 9.67. The van der Waals surface area contributed by atoms with Crippen molar-refractivity contribution < 1.29 is 9.84 Å². The van der Waals surface area contributed by atoms with E-state index >= 15 is 0 Å². The molecule has 0 bridgehead atoms. The Labute approximate surface area is 122 Å². The molecule has 1 fully saturated rings. The Kier molecular flexibility index (Phi) is 5.19. The van der Waals surface area contributed by atoms with Crippen LogP contribution in [0.5, 0.6) is 0 Å². The molecule has 3 heteroatoms. The molecule has 0 radical (unpaired) electrons. The lowest BCUT2D eigenvalue weighted by Gasteiger charge is -2.35. The van der Waals surface area contributed by atoms with Gasteiger partial charge in [-0.3, -0.25) is 0 Å². The van der Waals surface area contributed by atoms with Gasteiger partial charge in [-0.1, -0.05) is 44.2 Å². The number of aliphatic hydroxyl groups is 1. The Balaban J connectivity index is 1.97.